The van der Waals surface area contributed by atoms with E-state index in [1.807, 2.05) is 30.0 Å². The molecule has 2 aromatic rings. The molecule has 0 saturated carbocycles. The van der Waals surface area contributed by atoms with Gasteiger partial charge in [0.05, 0.1) is 6.61 Å². The van der Waals surface area contributed by atoms with E-state index >= 15 is 0 Å². The second kappa shape index (κ2) is 9.73. The van der Waals surface area contributed by atoms with Crippen molar-refractivity contribution in [2.45, 2.75) is 52.5 Å². The quantitative estimate of drug-likeness (QED) is 0.662. The first-order valence-electron chi connectivity index (χ1n) is 9.93. The van der Waals surface area contributed by atoms with Gasteiger partial charge in [-0.05, 0) is 60.5 Å². The maximum atomic E-state index is 12.5. The number of aryl methyl sites for hydroxylation is 1. The monoisotopic (exact) mass is 400 g/mol. The molecule has 28 heavy (non-hydrogen) atoms. The molecule has 1 aliphatic rings. The van der Waals surface area contributed by atoms with E-state index in [-0.39, 0.29) is 24.7 Å². The zero-order valence-corrected chi connectivity index (χ0v) is 17.4. The van der Waals surface area contributed by atoms with Gasteiger partial charge in [0, 0.05) is 36.5 Å². The molecule has 0 atom stereocenters. The molecule has 0 spiro atoms. The van der Waals surface area contributed by atoms with Crippen LogP contribution in [-0.2, 0) is 22.6 Å². The third kappa shape index (κ3) is 5.35. The minimum atomic E-state index is -0.135. The molecule has 0 saturated heterocycles. The van der Waals surface area contributed by atoms with Crippen molar-refractivity contribution < 1.29 is 14.3 Å². The summed E-state index contributed by atoms with van der Waals surface area (Å²) in [6.07, 6.45) is 3.47. The molecule has 1 aliphatic heterocycles. The number of carbonyl (C=O) groups is 2. The number of nitrogens with one attached hydrogen (secondary N) is 1. The minimum absolute atomic E-state index is 0.0448. The number of thiophene rings is 1. The van der Waals surface area contributed by atoms with E-state index in [0.29, 0.717) is 13.2 Å². The Labute approximate surface area is 170 Å². The maximum absolute atomic E-state index is 12.5. The van der Waals surface area contributed by atoms with Crippen LogP contribution in [0.25, 0.3) is 0 Å². The Hall–Kier alpha value is -2.34. The molecule has 0 unspecified atom stereocenters. The van der Waals surface area contributed by atoms with Crippen LogP contribution in [0.2, 0.25) is 0 Å². The largest absolute Gasteiger partial charge is 0.494 e. The van der Waals surface area contributed by atoms with E-state index in [0.717, 1.165) is 42.8 Å². The molecule has 0 bridgehead atoms. The molecule has 0 radical (unpaired) electrons. The number of amides is 2. The Balaban J connectivity index is 1.46. The van der Waals surface area contributed by atoms with Gasteiger partial charge in [0.15, 0.2) is 0 Å². The second-order valence-electron chi connectivity index (χ2n) is 7.16. The molecule has 2 amide bonds. The van der Waals surface area contributed by atoms with Gasteiger partial charge in [0.2, 0.25) is 11.8 Å². The highest BCUT2D eigenvalue weighted by Gasteiger charge is 2.21. The average molecular weight is 401 g/mol. The van der Waals surface area contributed by atoms with Crippen molar-refractivity contribution in [2.75, 3.05) is 18.5 Å². The van der Waals surface area contributed by atoms with Crippen LogP contribution in [0.1, 0.15) is 48.6 Å². The molecule has 6 heteroatoms. The van der Waals surface area contributed by atoms with Gasteiger partial charge in [-0.2, -0.15) is 0 Å². The molecule has 2 heterocycles. The Morgan fingerprint density at radius 2 is 2.11 bits per heavy atom. The van der Waals surface area contributed by atoms with Crippen LogP contribution in [0.3, 0.4) is 0 Å². The zero-order valence-electron chi connectivity index (χ0n) is 16.6. The van der Waals surface area contributed by atoms with Crippen molar-refractivity contribution in [1.29, 1.82) is 0 Å². The Morgan fingerprint density at radius 3 is 2.89 bits per heavy atom. The van der Waals surface area contributed by atoms with Gasteiger partial charge < -0.3 is 15.0 Å². The summed E-state index contributed by atoms with van der Waals surface area (Å²) in [6.45, 7) is 6.18. The summed E-state index contributed by atoms with van der Waals surface area (Å²) in [5, 5.41) is 4.99. The van der Waals surface area contributed by atoms with E-state index in [9.17, 15) is 9.59 Å². The average Bonchev–Trinajstić information content (AvgIpc) is 3.16. The number of benzene rings is 1. The minimum Gasteiger partial charge on any atom is -0.494 e. The lowest BCUT2D eigenvalue weighted by Gasteiger charge is -2.27. The molecule has 5 nitrogen and oxygen atoms in total. The van der Waals surface area contributed by atoms with E-state index in [1.54, 1.807) is 11.3 Å². The predicted molar refractivity (Wildman–Crippen MR) is 113 cm³/mol. The Kier molecular flexibility index (Phi) is 7.09. The normalized spacial score (nSPS) is 13.1. The zero-order chi connectivity index (χ0) is 19.9. The molecular formula is C22H28N2O3S. The third-order valence-corrected chi connectivity index (χ3v) is 5.99. The van der Waals surface area contributed by atoms with Crippen molar-refractivity contribution >= 4 is 28.8 Å². The van der Waals surface area contributed by atoms with Crippen LogP contribution in [-0.4, -0.2) is 29.9 Å². The summed E-state index contributed by atoms with van der Waals surface area (Å²) in [7, 11) is 0. The van der Waals surface area contributed by atoms with Gasteiger partial charge >= 0.3 is 0 Å². The predicted octanol–water partition coefficient (Wildman–Crippen LogP) is 4.54. The number of unbranched alkanes of at least 4 members (excludes halogenated alkanes) is 1. The number of fused-ring (bicyclic) bond motifs is 1. The second-order valence-corrected chi connectivity index (χ2v) is 8.16. The van der Waals surface area contributed by atoms with Crippen LogP contribution < -0.4 is 10.1 Å². The maximum Gasteiger partial charge on any atom is 0.224 e. The molecule has 150 valence electrons. The number of hydrogen-bond acceptors (Lipinski definition) is 4. The fourth-order valence-corrected chi connectivity index (χ4v) is 4.14. The molecule has 1 aromatic carbocycles. The van der Waals surface area contributed by atoms with Gasteiger partial charge in [-0.15, -0.1) is 11.3 Å². The molecule has 1 aromatic heterocycles. The van der Waals surface area contributed by atoms with Crippen LogP contribution in [0.15, 0.2) is 29.6 Å². The number of rotatable bonds is 8. The topological polar surface area (TPSA) is 58.6 Å². The third-order valence-electron chi connectivity index (χ3n) is 4.96. The number of anilines is 1. The number of ether oxygens (including phenoxy) is 1. The summed E-state index contributed by atoms with van der Waals surface area (Å²) in [5.74, 6) is 0.727. The lowest BCUT2D eigenvalue weighted by Crippen LogP contribution is -2.35. The van der Waals surface area contributed by atoms with Crippen LogP contribution >= 0.6 is 11.3 Å². The van der Waals surface area contributed by atoms with Crippen molar-refractivity contribution in [1.82, 2.24) is 4.90 Å². The first kappa shape index (κ1) is 20.4. The van der Waals surface area contributed by atoms with Gasteiger partial charge in [0.1, 0.15) is 5.75 Å². The highest BCUT2D eigenvalue weighted by molar-refractivity contribution is 7.10. The van der Waals surface area contributed by atoms with Gasteiger partial charge in [-0.25, -0.2) is 0 Å². The van der Waals surface area contributed by atoms with Crippen molar-refractivity contribution in [3.8, 4) is 5.75 Å². The first-order chi connectivity index (χ1) is 13.6. The van der Waals surface area contributed by atoms with Crippen LogP contribution in [0.5, 0.6) is 5.75 Å². The summed E-state index contributed by atoms with van der Waals surface area (Å²) in [6, 6.07) is 7.75. The highest BCUT2D eigenvalue weighted by Crippen LogP contribution is 2.25. The number of hydrogen-bond donors (Lipinski definition) is 1. The summed E-state index contributed by atoms with van der Waals surface area (Å²) >= 11 is 1.76. The van der Waals surface area contributed by atoms with E-state index in [2.05, 4.69) is 23.7 Å². The molecule has 0 fully saturated rings. The first-order valence-corrected chi connectivity index (χ1v) is 10.8. The Morgan fingerprint density at radius 1 is 1.25 bits per heavy atom. The van der Waals surface area contributed by atoms with Crippen LogP contribution in [0.4, 0.5) is 5.69 Å². The molecule has 1 N–H and O–H groups in total. The number of carbonyl (C=O) groups excluding carboxylic acids is 2. The van der Waals surface area contributed by atoms with Gasteiger partial charge in [0.25, 0.3) is 0 Å². The van der Waals surface area contributed by atoms with Crippen molar-refractivity contribution in [2.24, 2.45) is 0 Å². The van der Waals surface area contributed by atoms with Crippen molar-refractivity contribution in [3.05, 3.63) is 45.6 Å². The lowest BCUT2D eigenvalue weighted by molar-refractivity contribution is -0.133. The number of nitrogens with zero attached hydrogens (tertiary/aromatic N) is 1. The van der Waals surface area contributed by atoms with E-state index in [4.69, 9.17) is 4.74 Å². The highest BCUT2D eigenvalue weighted by atomic mass is 32.1. The molecule has 3 rings (SSSR count). The summed E-state index contributed by atoms with van der Waals surface area (Å²) < 4.78 is 5.69. The molecular weight excluding hydrogens is 372 g/mol. The smallest absolute Gasteiger partial charge is 0.224 e. The van der Waals surface area contributed by atoms with Gasteiger partial charge in [-0.3, -0.25) is 9.59 Å². The van der Waals surface area contributed by atoms with Gasteiger partial charge in [-0.1, -0.05) is 13.3 Å². The summed E-state index contributed by atoms with van der Waals surface area (Å²) in [4.78, 5) is 28.0. The standard InChI is InChI=1S/C22H28N2O3S/c1-3-4-12-27-18-5-6-19(16(2)14-18)23-21(25)7-8-22(26)24-11-9-20-17(15-24)10-13-28-20/h5-6,10,13-14H,3-4,7-9,11-12,15H2,1-2H3,(H,23,25). The van der Waals surface area contributed by atoms with E-state index in [1.165, 1.54) is 10.4 Å². The van der Waals surface area contributed by atoms with Crippen LogP contribution in [0, 0.1) is 6.92 Å². The Bertz CT molecular complexity index is 831. The molecule has 0 aliphatic carbocycles. The van der Waals surface area contributed by atoms with E-state index < -0.39 is 0 Å². The SMILES string of the molecule is CCCCOc1ccc(NC(=O)CCC(=O)N2CCc3sccc3C2)c(C)c1. The fourth-order valence-electron chi connectivity index (χ4n) is 3.25. The van der Waals surface area contributed by atoms with Crippen molar-refractivity contribution in [3.63, 3.8) is 0 Å². The fraction of sp³-hybridized carbons (Fsp3) is 0.455. The summed E-state index contributed by atoms with van der Waals surface area (Å²) in [5.41, 5.74) is 2.96. The lowest BCUT2D eigenvalue weighted by atomic mass is 10.1.